The smallest absolute Gasteiger partial charge is 0.225 e. The molecule has 0 fully saturated rings. The van der Waals surface area contributed by atoms with Gasteiger partial charge in [-0.3, -0.25) is 0 Å². The summed E-state index contributed by atoms with van der Waals surface area (Å²) in [6.07, 6.45) is 1.02. The largest absolute Gasteiger partial charge is 0.231 e. The topological polar surface area (TPSA) is 60.2 Å². The molecule has 0 unspecified atom stereocenters. The minimum absolute atomic E-state index is 0.0940. The second-order valence-corrected chi connectivity index (χ2v) is 4.04. The van der Waals surface area contributed by atoms with Crippen molar-refractivity contribution in [1.82, 2.24) is 0 Å². The molecule has 0 amide bonds. The number of halogens is 2. The third-order valence-corrected chi connectivity index (χ3v) is 1.85. The maximum Gasteiger partial charge on any atom is 0.231 e. The summed E-state index contributed by atoms with van der Waals surface area (Å²) in [5.41, 5.74) is 0.0940. The lowest BCUT2D eigenvalue weighted by molar-refractivity contribution is 0.582. The van der Waals surface area contributed by atoms with Crippen LogP contribution in [0.5, 0.6) is 0 Å². The monoisotopic (exact) mass is 219 g/mol. The van der Waals surface area contributed by atoms with Crippen LogP contribution < -0.4 is 5.14 Å². The van der Waals surface area contributed by atoms with Gasteiger partial charge in [-0.15, -0.1) is 0 Å². The van der Waals surface area contributed by atoms with Crippen molar-refractivity contribution in [2.45, 2.75) is 0 Å². The Morgan fingerprint density at radius 3 is 2.07 bits per heavy atom. The minimum atomic E-state index is -3.77. The van der Waals surface area contributed by atoms with E-state index in [4.69, 9.17) is 0 Å². The van der Waals surface area contributed by atoms with E-state index in [0.717, 1.165) is 18.2 Å². The van der Waals surface area contributed by atoms with Gasteiger partial charge in [0.15, 0.2) is 0 Å². The molecule has 0 radical (unpaired) electrons. The molecule has 0 bridgehead atoms. The summed E-state index contributed by atoms with van der Waals surface area (Å²) in [4.78, 5) is 0. The van der Waals surface area contributed by atoms with Gasteiger partial charge in [-0.2, -0.15) is 0 Å². The molecule has 3 nitrogen and oxygen atoms in total. The van der Waals surface area contributed by atoms with Crippen LogP contribution in [0.25, 0.3) is 6.08 Å². The van der Waals surface area contributed by atoms with Gasteiger partial charge in [0, 0.05) is 11.5 Å². The first-order chi connectivity index (χ1) is 6.37. The molecular formula is C8H7F2NO2S. The average Bonchev–Trinajstić information content (AvgIpc) is 1.97. The quantitative estimate of drug-likeness (QED) is 0.813. The SMILES string of the molecule is NS(=O)(=O)C=Cc1cc(F)cc(F)c1. The van der Waals surface area contributed by atoms with Crippen LogP contribution in [0.1, 0.15) is 5.56 Å². The van der Waals surface area contributed by atoms with Crippen molar-refractivity contribution in [1.29, 1.82) is 0 Å². The highest BCUT2D eigenvalue weighted by atomic mass is 32.2. The molecular weight excluding hydrogens is 212 g/mol. The lowest BCUT2D eigenvalue weighted by atomic mass is 10.2. The first-order valence-corrected chi connectivity index (χ1v) is 5.15. The van der Waals surface area contributed by atoms with E-state index in [9.17, 15) is 17.2 Å². The van der Waals surface area contributed by atoms with Crippen molar-refractivity contribution < 1.29 is 17.2 Å². The molecule has 14 heavy (non-hydrogen) atoms. The molecule has 6 heteroatoms. The molecule has 1 aromatic rings. The summed E-state index contributed by atoms with van der Waals surface area (Å²) in [7, 11) is -3.77. The van der Waals surface area contributed by atoms with Crippen LogP contribution in [-0.2, 0) is 10.0 Å². The van der Waals surface area contributed by atoms with E-state index in [0.29, 0.717) is 11.5 Å². The van der Waals surface area contributed by atoms with Crippen molar-refractivity contribution in [3.63, 3.8) is 0 Å². The van der Waals surface area contributed by atoms with Crippen LogP contribution in [0, 0.1) is 11.6 Å². The highest BCUT2D eigenvalue weighted by Gasteiger charge is 1.99. The molecule has 0 heterocycles. The standard InChI is InChI=1S/C8H7F2NO2S/c9-7-3-6(4-8(10)5-7)1-2-14(11,12)13/h1-5H,(H2,11,12,13). The summed E-state index contributed by atoms with van der Waals surface area (Å²) in [5.74, 6) is -1.56. The number of hydrogen-bond donors (Lipinski definition) is 1. The van der Waals surface area contributed by atoms with Gasteiger partial charge in [0.05, 0.1) is 0 Å². The number of sulfonamides is 1. The van der Waals surface area contributed by atoms with Crippen molar-refractivity contribution in [3.8, 4) is 0 Å². The summed E-state index contributed by atoms with van der Waals surface area (Å²) in [6.45, 7) is 0. The second kappa shape index (κ2) is 3.85. The average molecular weight is 219 g/mol. The van der Waals surface area contributed by atoms with Crippen molar-refractivity contribution in [3.05, 3.63) is 40.8 Å². The Kier molecular flexibility index (Phi) is 2.97. The van der Waals surface area contributed by atoms with Crippen LogP contribution in [0.3, 0.4) is 0 Å². The zero-order chi connectivity index (χ0) is 10.8. The zero-order valence-corrected chi connectivity index (χ0v) is 7.76. The van der Waals surface area contributed by atoms with Gasteiger partial charge in [-0.25, -0.2) is 22.3 Å². The fourth-order valence-corrected chi connectivity index (χ4v) is 1.19. The van der Waals surface area contributed by atoms with E-state index in [-0.39, 0.29) is 5.56 Å². The fourth-order valence-electron chi connectivity index (χ4n) is 0.845. The maximum absolute atomic E-state index is 12.6. The molecule has 0 atom stereocenters. The summed E-state index contributed by atoms with van der Waals surface area (Å²) >= 11 is 0. The normalized spacial score (nSPS) is 12.2. The van der Waals surface area contributed by atoms with Gasteiger partial charge >= 0.3 is 0 Å². The molecule has 76 valence electrons. The van der Waals surface area contributed by atoms with Gasteiger partial charge in [-0.1, -0.05) is 0 Å². The highest BCUT2D eigenvalue weighted by Crippen LogP contribution is 2.09. The summed E-state index contributed by atoms with van der Waals surface area (Å²) < 4.78 is 46.1. The van der Waals surface area contributed by atoms with Gasteiger partial charge < -0.3 is 0 Å². The van der Waals surface area contributed by atoms with Crippen molar-refractivity contribution in [2.24, 2.45) is 5.14 Å². The first-order valence-electron chi connectivity index (χ1n) is 3.54. The molecule has 0 aliphatic carbocycles. The Morgan fingerprint density at radius 1 is 1.14 bits per heavy atom. The molecule has 0 saturated carbocycles. The molecule has 1 aromatic carbocycles. The van der Waals surface area contributed by atoms with Gasteiger partial charge in [0.2, 0.25) is 10.0 Å². The van der Waals surface area contributed by atoms with E-state index in [1.807, 2.05) is 0 Å². The summed E-state index contributed by atoms with van der Waals surface area (Å²) in [5, 5.41) is 5.33. The molecule has 2 N–H and O–H groups in total. The van der Waals surface area contributed by atoms with Crippen LogP contribution in [0.2, 0.25) is 0 Å². The van der Waals surface area contributed by atoms with E-state index >= 15 is 0 Å². The molecule has 0 aromatic heterocycles. The number of rotatable bonds is 2. The van der Waals surface area contributed by atoms with Crippen LogP contribution in [0.15, 0.2) is 23.6 Å². The fraction of sp³-hybridized carbons (Fsp3) is 0. The number of nitrogens with two attached hydrogens (primary N) is 1. The van der Waals surface area contributed by atoms with E-state index < -0.39 is 21.7 Å². The van der Waals surface area contributed by atoms with Crippen LogP contribution >= 0.6 is 0 Å². The van der Waals surface area contributed by atoms with E-state index in [2.05, 4.69) is 5.14 Å². The molecule has 0 spiro atoms. The Bertz CT molecular complexity index is 448. The first kappa shape index (κ1) is 10.8. The maximum atomic E-state index is 12.6. The summed E-state index contributed by atoms with van der Waals surface area (Å²) in [6, 6.07) is 2.67. The predicted molar refractivity (Wildman–Crippen MR) is 48.5 cm³/mol. The number of benzene rings is 1. The molecule has 0 aliphatic heterocycles. The van der Waals surface area contributed by atoms with Gasteiger partial charge in [0.25, 0.3) is 0 Å². The van der Waals surface area contributed by atoms with Crippen LogP contribution in [0.4, 0.5) is 8.78 Å². The van der Waals surface area contributed by atoms with Crippen molar-refractivity contribution in [2.75, 3.05) is 0 Å². The Balaban J connectivity index is 3.04. The number of hydrogen-bond acceptors (Lipinski definition) is 2. The lowest BCUT2D eigenvalue weighted by Gasteiger charge is -1.94. The Hall–Kier alpha value is -1.27. The number of primary sulfonamides is 1. The third kappa shape index (κ3) is 3.63. The second-order valence-electron chi connectivity index (χ2n) is 2.59. The Morgan fingerprint density at radius 2 is 1.64 bits per heavy atom. The van der Waals surface area contributed by atoms with Gasteiger partial charge in [-0.05, 0) is 23.8 Å². The van der Waals surface area contributed by atoms with Crippen molar-refractivity contribution >= 4 is 16.1 Å². The predicted octanol–water partition coefficient (Wildman–Crippen LogP) is 1.22. The molecule has 1 rings (SSSR count). The highest BCUT2D eigenvalue weighted by molar-refractivity contribution is 7.92. The zero-order valence-electron chi connectivity index (χ0n) is 6.94. The minimum Gasteiger partial charge on any atom is -0.225 e. The van der Waals surface area contributed by atoms with Crippen LogP contribution in [-0.4, -0.2) is 8.42 Å². The molecule has 0 aliphatic rings. The van der Waals surface area contributed by atoms with E-state index in [1.165, 1.54) is 0 Å². The lowest BCUT2D eigenvalue weighted by Crippen LogP contribution is -2.06. The Labute approximate surface area is 79.9 Å². The van der Waals surface area contributed by atoms with Gasteiger partial charge in [0.1, 0.15) is 11.6 Å². The third-order valence-electron chi connectivity index (χ3n) is 1.34. The molecule has 0 saturated heterocycles. The van der Waals surface area contributed by atoms with E-state index in [1.54, 1.807) is 0 Å².